The lowest BCUT2D eigenvalue weighted by molar-refractivity contribution is 0.130. The molecular formula is C15H22ClNO3S. The molecule has 1 heterocycles. The third-order valence-corrected chi connectivity index (χ3v) is 5.11. The summed E-state index contributed by atoms with van der Waals surface area (Å²) >= 11 is 6.41. The molecule has 21 heavy (non-hydrogen) atoms. The molecule has 4 nitrogen and oxygen atoms in total. The number of likely N-dealkylation sites (tertiary alicyclic amines) is 1. The number of nitrogens with zero attached hydrogens (tertiary/aromatic N) is 1. The standard InChI is InChI=1S/C15H22ClNO3S/c1-20-10-9-17-7-5-12(6-8-17)14-4-2-3-13(15(14)16)11-21(18)19/h2-4,12,21H,5-11H2,1H3. The second-order valence-electron chi connectivity index (χ2n) is 5.42. The van der Waals surface area contributed by atoms with Gasteiger partial charge in [-0.25, -0.2) is 8.42 Å². The summed E-state index contributed by atoms with van der Waals surface area (Å²) in [6.45, 7) is 3.79. The molecule has 1 aromatic carbocycles. The summed E-state index contributed by atoms with van der Waals surface area (Å²) in [5.41, 5.74) is 1.81. The minimum atomic E-state index is -2.44. The van der Waals surface area contributed by atoms with Crippen molar-refractivity contribution in [1.82, 2.24) is 4.90 Å². The first kappa shape index (κ1) is 16.7. The second kappa shape index (κ2) is 8.13. The van der Waals surface area contributed by atoms with E-state index in [0.29, 0.717) is 16.5 Å². The molecule has 2 rings (SSSR count). The fraction of sp³-hybridized carbons (Fsp3) is 0.600. The van der Waals surface area contributed by atoms with Gasteiger partial charge in [0.05, 0.1) is 12.4 Å². The maximum atomic E-state index is 10.9. The van der Waals surface area contributed by atoms with Gasteiger partial charge in [0.25, 0.3) is 0 Å². The van der Waals surface area contributed by atoms with Gasteiger partial charge in [0.2, 0.25) is 0 Å². The molecule has 0 N–H and O–H groups in total. The highest BCUT2D eigenvalue weighted by atomic mass is 35.5. The van der Waals surface area contributed by atoms with Crippen LogP contribution < -0.4 is 0 Å². The average molecular weight is 332 g/mol. The number of benzene rings is 1. The first-order valence-electron chi connectivity index (χ1n) is 7.22. The summed E-state index contributed by atoms with van der Waals surface area (Å²) in [6.07, 6.45) is 2.10. The van der Waals surface area contributed by atoms with E-state index in [0.717, 1.165) is 44.6 Å². The minimum Gasteiger partial charge on any atom is -0.383 e. The Hall–Kier alpha value is -0.620. The Bertz CT molecular complexity index is 532. The lowest BCUT2D eigenvalue weighted by Crippen LogP contribution is -2.35. The Morgan fingerprint density at radius 1 is 1.33 bits per heavy atom. The predicted octanol–water partition coefficient (Wildman–Crippen LogP) is 2.28. The minimum absolute atomic E-state index is 0.0225. The van der Waals surface area contributed by atoms with Gasteiger partial charge in [-0.2, -0.15) is 0 Å². The number of thiol groups is 1. The molecule has 1 aliphatic rings. The van der Waals surface area contributed by atoms with E-state index in [4.69, 9.17) is 16.3 Å². The van der Waals surface area contributed by atoms with Gasteiger partial charge in [-0.05, 0) is 43.0 Å². The van der Waals surface area contributed by atoms with Crippen molar-refractivity contribution in [2.45, 2.75) is 24.5 Å². The number of piperidine rings is 1. The van der Waals surface area contributed by atoms with Crippen LogP contribution in [0.1, 0.15) is 29.9 Å². The molecule has 118 valence electrons. The van der Waals surface area contributed by atoms with Gasteiger partial charge in [-0.15, -0.1) is 0 Å². The maximum absolute atomic E-state index is 10.9. The molecule has 0 aliphatic carbocycles. The molecule has 6 heteroatoms. The van der Waals surface area contributed by atoms with Crippen LogP contribution >= 0.6 is 11.6 Å². The van der Waals surface area contributed by atoms with Crippen molar-refractivity contribution in [1.29, 1.82) is 0 Å². The number of halogens is 1. The van der Waals surface area contributed by atoms with Crippen LogP contribution in [0.15, 0.2) is 18.2 Å². The van der Waals surface area contributed by atoms with Crippen LogP contribution in [0, 0.1) is 0 Å². The SMILES string of the molecule is COCCN1CCC(c2cccc(C[SH](=O)=O)c2Cl)CC1. The van der Waals surface area contributed by atoms with E-state index < -0.39 is 10.7 Å². The van der Waals surface area contributed by atoms with Crippen LogP contribution in [-0.4, -0.2) is 46.7 Å². The Kier molecular flexibility index (Phi) is 6.48. The van der Waals surface area contributed by atoms with Crippen molar-refractivity contribution >= 4 is 22.3 Å². The van der Waals surface area contributed by atoms with Crippen LogP contribution in [0.25, 0.3) is 0 Å². The molecule has 0 atom stereocenters. The summed E-state index contributed by atoms with van der Waals surface area (Å²) in [7, 11) is -0.722. The number of ether oxygens (including phenoxy) is 1. The van der Waals surface area contributed by atoms with Crippen molar-refractivity contribution in [2.24, 2.45) is 0 Å². The van der Waals surface area contributed by atoms with E-state index in [1.54, 1.807) is 13.2 Å². The molecular weight excluding hydrogens is 310 g/mol. The van der Waals surface area contributed by atoms with Crippen LogP contribution in [0.5, 0.6) is 0 Å². The first-order valence-corrected chi connectivity index (χ1v) is 8.96. The van der Waals surface area contributed by atoms with Crippen molar-refractivity contribution in [3.63, 3.8) is 0 Å². The molecule has 0 bridgehead atoms. The van der Waals surface area contributed by atoms with E-state index in [9.17, 15) is 8.42 Å². The maximum Gasteiger partial charge on any atom is 0.144 e. The molecule has 0 aromatic heterocycles. The topological polar surface area (TPSA) is 46.6 Å². The third-order valence-electron chi connectivity index (χ3n) is 4.05. The van der Waals surface area contributed by atoms with Crippen LogP contribution in [0.4, 0.5) is 0 Å². The zero-order valence-corrected chi connectivity index (χ0v) is 13.9. The third kappa shape index (κ3) is 4.68. The van der Waals surface area contributed by atoms with Gasteiger partial charge in [0.1, 0.15) is 10.7 Å². The number of rotatable bonds is 6. The summed E-state index contributed by atoms with van der Waals surface area (Å²) in [6, 6.07) is 5.73. The lowest BCUT2D eigenvalue weighted by atomic mass is 9.88. The summed E-state index contributed by atoms with van der Waals surface area (Å²) < 4.78 is 26.9. The zero-order valence-electron chi connectivity index (χ0n) is 12.3. The smallest absolute Gasteiger partial charge is 0.144 e. The van der Waals surface area contributed by atoms with E-state index >= 15 is 0 Å². The van der Waals surface area contributed by atoms with Gasteiger partial charge in [0, 0.05) is 18.7 Å². The summed E-state index contributed by atoms with van der Waals surface area (Å²) in [5.74, 6) is 0.440. The summed E-state index contributed by atoms with van der Waals surface area (Å²) in [4.78, 5) is 2.40. The Morgan fingerprint density at radius 2 is 2.05 bits per heavy atom. The molecule has 1 aliphatic heterocycles. The Labute approximate surface area is 133 Å². The summed E-state index contributed by atoms with van der Waals surface area (Å²) in [5, 5.41) is 0.632. The molecule has 0 saturated carbocycles. The number of methoxy groups -OCH3 is 1. The number of hydrogen-bond donors (Lipinski definition) is 1. The first-order chi connectivity index (χ1) is 10.1. The Morgan fingerprint density at radius 3 is 2.67 bits per heavy atom. The number of hydrogen-bond acceptors (Lipinski definition) is 4. The van der Waals surface area contributed by atoms with Crippen LogP contribution in [-0.2, 0) is 21.2 Å². The monoisotopic (exact) mass is 331 g/mol. The Balaban J connectivity index is 2.03. The van der Waals surface area contributed by atoms with E-state index in [-0.39, 0.29) is 5.75 Å². The van der Waals surface area contributed by atoms with Gasteiger partial charge in [-0.1, -0.05) is 29.8 Å². The highest BCUT2D eigenvalue weighted by Crippen LogP contribution is 2.34. The molecule has 1 aromatic rings. The quantitative estimate of drug-likeness (QED) is 0.812. The molecule has 0 unspecified atom stereocenters. The molecule has 1 saturated heterocycles. The van der Waals surface area contributed by atoms with Crippen LogP contribution in [0.2, 0.25) is 5.02 Å². The lowest BCUT2D eigenvalue weighted by Gasteiger charge is -2.32. The highest BCUT2D eigenvalue weighted by Gasteiger charge is 2.22. The van der Waals surface area contributed by atoms with Crippen LogP contribution in [0.3, 0.4) is 0 Å². The molecule has 1 fully saturated rings. The predicted molar refractivity (Wildman–Crippen MR) is 85.8 cm³/mol. The van der Waals surface area contributed by atoms with Gasteiger partial charge < -0.3 is 9.64 Å². The van der Waals surface area contributed by atoms with E-state index in [2.05, 4.69) is 4.90 Å². The van der Waals surface area contributed by atoms with Gasteiger partial charge >= 0.3 is 0 Å². The van der Waals surface area contributed by atoms with Crippen molar-refractivity contribution in [2.75, 3.05) is 33.4 Å². The molecule has 0 amide bonds. The van der Waals surface area contributed by atoms with E-state index in [1.165, 1.54) is 0 Å². The largest absolute Gasteiger partial charge is 0.383 e. The molecule has 0 spiro atoms. The fourth-order valence-corrected chi connectivity index (χ4v) is 3.85. The normalized spacial score (nSPS) is 17.5. The van der Waals surface area contributed by atoms with Gasteiger partial charge in [-0.3, -0.25) is 0 Å². The average Bonchev–Trinajstić information content (AvgIpc) is 2.47. The van der Waals surface area contributed by atoms with Crippen molar-refractivity contribution in [3.8, 4) is 0 Å². The fourth-order valence-electron chi connectivity index (χ4n) is 2.86. The highest BCUT2D eigenvalue weighted by molar-refractivity contribution is 7.71. The van der Waals surface area contributed by atoms with Crippen molar-refractivity contribution in [3.05, 3.63) is 34.3 Å². The van der Waals surface area contributed by atoms with E-state index in [1.807, 2.05) is 12.1 Å². The zero-order chi connectivity index (χ0) is 15.2. The van der Waals surface area contributed by atoms with Crippen molar-refractivity contribution < 1.29 is 13.2 Å². The van der Waals surface area contributed by atoms with Gasteiger partial charge in [0.15, 0.2) is 0 Å². The molecule has 0 radical (unpaired) electrons. The second-order valence-corrected chi connectivity index (χ2v) is 6.78.